The fraction of sp³-hybridized carbons (Fsp3) is 0.111. The second kappa shape index (κ2) is 5.27. The van der Waals surface area contributed by atoms with E-state index in [2.05, 4.69) is 5.32 Å². The molecule has 0 aliphatic heterocycles. The Labute approximate surface area is 80.1 Å². The van der Waals surface area contributed by atoms with Crippen LogP contribution in [-0.4, -0.2) is 18.7 Å². The van der Waals surface area contributed by atoms with Crippen LogP contribution in [0.4, 0.5) is 0 Å². The van der Waals surface area contributed by atoms with Gasteiger partial charge < -0.3 is 10.1 Å². The van der Waals surface area contributed by atoms with E-state index in [1.54, 1.807) is 17.4 Å². The lowest BCUT2D eigenvalue weighted by atomic mass is 10.4. The summed E-state index contributed by atoms with van der Waals surface area (Å²) in [6.07, 6.45) is 3.77. The Morgan fingerprint density at radius 2 is 2.46 bits per heavy atom. The Hall–Kier alpha value is -1.42. The van der Waals surface area contributed by atoms with E-state index in [9.17, 15) is 9.59 Å². The van der Waals surface area contributed by atoms with Crippen molar-refractivity contribution in [2.75, 3.05) is 6.54 Å². The average molecular weight is 195 g/mol. The number of hydrogen-bond acceptors (Lipinski definition) is 3. The summed E-state index contributed by atoms with van der Waals surface area (Å²) in [5.41, 5.74) is 0. The van der Waals surface area contributed by atoms with Crippen LogP contribution in [0.5, 0.6) is 0 Å². The summed E-state index contributed by atoms with van der Waals surface area (Å²) in [5, 5.41) is 4.34. The maximum absolute atomic E-state index is 10.9. The molecule has 0 unspecified atom stereocenters. The topological polar surface area (TPSA) is 46.2 Å². The van der Waals surface area contributed by atoms with Crippen molar-refractivity contribution in [3.63, 3.8) is 0 Å². The minimum atomic E-state index is -0.250. The van der Waals surface area contributed by atoms with Crippen LogP contribution in [-0.2, 0) is 9.59 Å². The maximum Gasteiger partial charge on any atom is 0.244 e. The third kappa shape index (κ3) is 3.66. The van der Waals surface area contributed by atoms with Gasteiger partial charge in [0.15, 0.2) is 0 Å². The molecule has 3 nitrogen and oxygen atoms in total. The highest BCUT2D eigenvalue weighted by Gasteiger charge is 1.92. The van der Waals surface area contributed by atoms with E-state index in [0.717, 1.165) is 4.88 Å². The maximum atomic E-state index is 10.9. The zero-order valence-corrected chi connectivity index (χ0v) is 7.71. The van der Waals surface area contributed by atoms with Crippen molar-refractivity contribution < 1.29 is 9.59 Å². The molecule has 0 fully saturated rings. The third-order valence-electron chi connectivity index (χ3n) is 1.30. The Balaban J connectivity index is 2.39. The Bertz CT molecular complexity index is 303. The second-order valence-electron chi connectivity index (χ2n) is 2.26. The van der Waals surface area contributed by atoms with E-state index in [-0.39, 0.29) is 12.5 Å². The molecular formula is C9H9NO2S. The largest absolute Gasteiger partial charge is 0.346 e. The molecule has 0 aromatic carbocycles. The van der Waals surface area contributed by atoms with E-state index >= 15 is 0 Å². The molecule has 1 amide bonds. The smallest absolute Gasteiger partial charge is 0.244 e. The van der Waals surface area contributed by atoms with Crippen LogP contribution in [0.15, 0.2) is 23.6 Å². The summed E-state index contributed by atoms with van der Waals surface area (Å²) in [5.74, 6) is -0.250. The van der Waals surface area contributed by atoms with Gasteiger partial charge in [-0.15, -0.1) is 11.3 Å². The minimum Gasteiger partial charge on any atom is -0.346 e. The first-order valence-electron chi connectivity index (χ1n) is 3.76. The number of rotatable bonds is 4. The molecule has 68 valence electrons. The molecule has 0 aliphatic carbocycles. The summed E-state index contributed by atoms with van der Waals surface area (Å²) in [6, 6.07) is 3.82. The molecule has 1 heterocycles. The monoisotopic (exact) mass is 195 g/mol. The standard InChI is InChI=1S/C9H9NO2S/c11-6-5-10-9(12)4-3-8-2-1-7-13-8/h1-4,6-7H,5H2,(H,10,12). The van der Waals surface area contributed by atoms with Gasteiger partial charge in [-0.1, -0.05) is 6.07 Å². The number of thiophene rings is 1. The summed E-state index contributed by atoms with van der Waals surface area (Å²) in [4.78, 5) is 21.9. The van der Waals surface area contributed by atoms with Crippen molar-refractivity contribution in [3.8, 4) is 0 Å². The summed E-state index contributed by atoms with van der Waals surface area (Å²) in [6.45, 7) is 0.0631. The van der Waals surface area contributed by atoms with Crippen molar-refractivity contribution in [2.24, 2.45) is 0 Å². The molecule has 1 rings (SSSR count). The Morgan fingerprint density at radius 3 is 3.08 bits per heavy atom. The highest BCUT2D eigenvalue weighted by Crippen LogP contribution is 2.09. The van der Waals surface area contributed by atoms with Crippen molar-refractivity contribution in [1.29, 1.82) is 0 Å². The predicted molar refractivity (Wildman–Crippen MR) is 52.4 cm³/mol. The van der Waals surface area contributed by atoms with Crippen LogP contribution < -0.4 is 5.32 Å². The van der Waals surface area contributed by atoms with Crippen LogP contribution in [0, 0.1) is 0 Å². The molecule has 0 atom stereocenters. The third-order valence-corrected chi connectivity index (χ3v) is 2.14. The average Bonchev–Trinajstić information content (AvgIpc) is 2.64. The van der Waals surface area contributed by atoms with Gasteiger partial charge >= 0.3 is 0 Å². The molecule has 1 aromatic heterocycles. The quantitative estimate of drug-likeness (QED) is 0.577. The van der Waals surface area contributed by atoms with Crippen LogP contribution >= 0.6 is 11.3 Å². The zero-order valence-electron chi connectivity index (χ0n) is 6.90. The van der Waals surface area contributed by atoms with E-state index in [1.807, 2.05) is 17.5 Å². The number of amides is 1. The van der Waals surface area contributed by atoms with Gasteiger partial charge in [-0.2, -0.15) is 0 Å². The van der Waals surface area contributed by atoms with Gasteiger partial charge in [0.25, 0.3) is 0 Å². The first-order chi connectivity index (χ1) is 6.33. The number of carbonyl (C=O) groups excluding carboxylic acids is 2. The van der Waals surface area contributed by atoms with Crippen molar-refractivity contribution >= 4 is 29.6 Å². The van der Waals surface area contributed by atoms with Crippen LogP contribution in [0.25, 0.3) is 6.08 Å². The molecule has 0 bridgehead atoms. The Kier molecular flexibility index (Phi) is 3.92. The SMILES string of the molecule is O=CCNC(=O)C=Cc1cccs1. The van der Waals surface area contributed by atoms with Gasteiger partial charge in [0, 0.05) is 11.0 Å². The van der Waals surface area contributed by atoms with Crippen molar-refractivity contribution in [2.45, 2.75) is 0 Å². The number of nitrogens with one attached hydrogen (secondary N) is 1. The van der Waals surface area contributed by atoms with E-state index in [1.165, 1.54) is 6.08 Å². The van der Waals surface area contributed by atoms with Crippen molar-refractivity contribution in [3.05, 3.63) is 28.5 Å². The van der Waals surface area contributed by atoms with Crippen molar-refractivity contribution in [1.82, 2.24) is 5.32 Å². The predicted octanol–water partition coefficient (Wildman–Crippen LogP) is 1.08. The van der Waals surface area contributed by atoms with Gasteiger partial charge in [0.2, 0.25) is 5.91 Å². The summed E-state index contributed by atoms with van der Waals surface area (Å²) < 4.78 is 0. The van der Waals surface area contributed by atoms with Crippen LogP contribution in [0.1, 0.15) is 4.88 Å². The molecule has 0 aliphatic rings. The van der Waals surface area contributed by atoms with Gasteiger partial charge in [-0.3, -0.25) is 4.79 Å². The molecule has 4 heteroatoms. The summed E-state index contributed by atoms with van der Waals surface area (Å²) in [7, 11) is 0. The lowest BCUT2D eigenvalue weighted by Gasteiger charge is -1.92. The van der Waals surface area contributed by atoms with E-state index < -0.39 is 0 Å². The van der Waals surface area contributed by atoms with Gasteiger partial charge in [0.05, 0.1) is 6.54 Å². The highest BCUT2D eigenvalue weighted by molar-refractivity contribution is 7.10. The molecule has 13 heavy (non-hydrogen) atoms. The fourth-order valence-corrected chi connectivity index (χ4v) is 1.36. The minimum absolute atomic E-state index is 0.0631. The Morgan fingerprint density at radius 1 is 1.62 bits per heavy atom. The van der Waals surface area contributed by atoms with E-state index in [4.69, 9.17) is 0 Å². The molecule has 0 radical (unpaired) electrons. The summed E-state index contributed by atoms with van der Waals surface area (Å²) >= 11 is 1.55. The number of hydrogen-bond donors (Lipinski definition) is 1. The molecule has 0 saturated heterocycles. The van der Waals surface area contributed by atoms with Crippen LogP contribution in [0.3, 0.4) is 0 Å². The molecule has 1 N–H and O–H groups in total. The highest BCUT2D eigenvalue weighted by atomic mass is 32.1. The lowest BCUT2D eigenvalue weighted by Crippen LogP contribution is -2.22. The molecular weight excluding hydrogens is 186 g/mol. The number of carbonyl (C=O) groups is 2. The molecule has 0 spiro atoms. The number of aldehydes is 1. The van der Waals surface area contributed by atoms with Gasteiger partial charge in [-0.05, 0) is 17.5 Å². The fourth-order valence-electron chi connectivity index (χ4n) is 0.745. The second-order valence-corrected chi connectivity index (χ2v) is 3.24. The normalized spacial score (nSPS) is 10.2. The van der Waals surface area contributed by atoms with Crippen LogP contribution in [0.2, 0.25) is 0 Å². The first kappa shape index (κ1) is 9.67. The van der Waals surface area contributed by atoms with E-state index in [0.29, 0.717) is 6.29 Å². The molecule has 0 saturated carbocycles. The first-order valence-corrected chi connectivity index (χ1v) is 4.64. The lowest BCUT2D eigenvalue weighted by molar-refractivity contribution is -0.118. The molecule has 1 aromatic rings. The zero-order chi connectivity index (χ0) is 9.52. The van der Waals surface area contributed by atoms with Gasteiger partial charge in [0.1, 0.15) is 6.29 Å². The van der Waals surface area contributed by atoms with Gasteiger partial charge in [-0.25, -0.2) is 0 Å².